The Balaban J connectivity index is 1.62. The maximum atomic E-state index is 10.0. The van der Waals surface area contributed by atoms with Crippen LogP contribution in [0.4, 0.5) is 0 Å². The van der Waals surface area contributed by atoms with Crippen molar-refractivity contribution in [2.45, 2.75) is 13.1 Å². The Labute approximate surface area is 149 Å². The van der Waals surface area contributed by atoms with Gasteiger partial charge in [0.05, 0.1) is 0 Å². The molecule has 1 aliphatic heterocycles. The Kier molecular flexibility index (Phi) is 6.28. The Hall–Kier alpha value is -2.08. The number of para-hydroxylation sites is 2. The third kappa shape index (κ3) is 5.19. The molecule has 0 spiro atoms. The fourth-order valence-corrected chi connectivity index (χ4v) is 3.19. The number of hydrogen-bond acceptors (Lipinski definition) is 5. The van der Waals surface area contributed by atoms with Crippen LogP contribution in [0.25, 0.3) is 0 Å². The topological polar surface area (TPSA) is 59.0 Å². The largest absolute Gasteiger partial charge is 0.508 e. The average Bonchev–Trinajstić information content (AvgIpc) is 2.72. The van der Waals surface area contributed by atoms with Gasteiger partial charge in [-0.05, 0) is 12.1 Å². The summed E-state index contributed by atoms with van der Waals surface area (Å²) in [7, 11) is 0. The first-order valence-corrected chi connectivity index (χ1v) is 8.91. The minimum Gasteiger partial charge on any atom is -0.508 e. The van der Waals surface area contributed by atoms with Crippen molar-refractivity contribution < 1.29 is 10.2 Å². The molecule has 0 saturated carbocycles. The van der Waals surface area contributed by atoms with Gasteiger partial charge in [-0.15, -0.1) is 0 Å². The van der Waals surface area contributed by atoms with Crippen molar-refractivity contribution in [1.29, 1.82) is 0 Å². The Bertz CT molecular complexity index is 620. The number of nitrogens with zero attached hydrogens (tertiary/aromatic N) is 2. The predicted molar refractivity (Wildman–Crippen MR) is 99.6 cm³/mol. The zero-order chi connectivity index (χ0) is 17.5. The van der Waals surface area contributed by atoms with Gasteiger partial charge in [-0.3, -0.25) is 9.80 Å². The molecule has 1 heterocycles. The van der Waals surface area contributed by atoms with Crippen LogP contribution in [-0.4, -0.2) is 59.3 Å². The maximum absolute atomic E-state index is 10.0. The fraction of sp³-hybridized carbons (Fsp3) is 0.400. The van der Waals surface area contributed by atoms with Gasteiger partial charge in [0.2, 0.25) is 0 Å². The number of phenols is 2. The molecule has 3 rings (SSSR count). The first kappa shape index (κ1) is 17.7. The molecule has 0 radical (unpaired) electrons. The Morgan fingerprint density at radius 2 is 1.12 bits per heavy atom. The number of hydrogen-bond donors (Lipinski definition) is 3. The second kappa shape index (κ2) is 8.85. The van der Waals surface area contributed by atoms with Crippen LogP contribution in [0.2, 0.25) is 0 Å². The molecule has 0 amide bonds. The summed E-state index contributed by atoms with van der Waals surface area (Å²) in [6, 6.07) is 15.1. The van der Waals surface area contributed by atoms with E-state index in [0.717, 1.165) is 63.5 Å². The molecule has 0 bridgehead atoms. The summed E-state index contributed by atoms with van der Waals surface area (Å²) in [5.74, 6) is 0.725. The molecule has 1 saturated heterocycles. The van der Waals surface area contributed by atoms with Gasteiger partial charge in [0, 0.05) is 63.5 Å². The standard InChI is InChI=1S/C20H27N3O2/c24-19-7-3-1-5-17(19)15-22-11-9-21-10-12-23(14-13-22)16-18-6-2-4-8-20(18)25/h1-8,21,24-25H,9-16H2. The van der Waals surface area contributed by atoms with Crippen molar-refractivity contribution in [2.24, 2.45) is 0 Å². The zero-order valence-corrected chi connectivity index (χ0v) is 14.6. The fourth-order valence-electron chi connectivity index (χ4n) is 3.19. The molecule has 134 valence electrons. The summed E-state index contributed by atoms with van der Waals surface area (Å²) in [5.41, 5.74) is 1.93. The number of nitrogens with one attached hydrogen (secondary N) is 1. The first-order chi connectivity index (χ1) is 12.2. The van der Waals surface area contributed by atoms with Crippen molar-refractivity contribution in [3.8, 4) is 11.5 Å². The summed E-state index contributed by atoms with van der Waals surface area (Å²) >= 11 is 0. The lowest BCUT2D eigenvalue weighted by Gasteiger charge is -2.26. The smallest absolute Gasteiger partial charge is 0.120 e. The van der Waals surface area contributed by atoms with E-state index in [1.165, 1.54) is 0 Å². The van der Waals surface area contributed by atoms with Crippen LogP contribution in [0.5, 0.6) is 11.5 Å². The van der Waals surface area contributed by atoms with Crippen LogP contribution in [0.15, 0.2) is 48.5 Å². The molecular formula is C20H27N3O2. The molecule has 1 fully saturated rings. The van der Waals surface area contributed by atoms with Gasteiger partial charge in [0.1, 0.15) is 11.5 Å². The first-order valence-electron chi connectivity index (χ1n) is 8.91. The summed E-state index contributed by atoms with van der Waals surface area (Å²) in [5, 5.41) is 23.5. The molecule has 2 aromatic rings. The van der Waals surface area contributed by atoms with Crippen LogP contribution in [0, 0.1) is 0 Å². The van der Waals surface area contributed by atoms with Crippen molar-refractivity contribution >= 4 is 0 Å². The van der Waals surface area contributed by atoms with E-state index in [9.17, 15) is 10.2 Å². The molecule has 0 atom stereocenters. The lowest BCUT2D eigenvalue weighted by Crippen LogP contribution is -2.35. The third-order valence-electron chi connectivity index (χ3n) is 4.71. The number of benzene rings is 2. The lowest BCUT2D eigenvalue weighted by molar-refractivity contribution is 0.207. The Morgan fingerprint density at radius 1 is 0.680 bits per heavy atom. The van der Waals surface area contributed by atoms with Gasteiger partial charge in [0.15, 0.2) is 0 Å². The quantitative estimate of drug-likeness (QED) is 0.794. The molecular weight excluding hydrogens is 314 g/mol. The van der Waals surface area contributed by atoms with E-state index in [1.54, 1.807) is 12.1 Å². The minimum atomic E-state index is 0.362. The number of phenolic OH excluding ortho intramolecular Hbond substituents is 2. The molecule has 1 aliphatic rings. The monoisotopic (exact) mass is 341 g/mol. The van der Waals surface area contributed by atoms with Gasteiger partial charge < -0.3 is 15.5 Å². The van der Waals surface area contributed by atoms with Crippen molar-refractivity contribution in [2.75, 3.05) is 39.3 Å². The van der Waals surface area contributed by atoms with E-state index in [0.29, 0.717) is 11.5 Å². The van der Waals surface area contributed by atoms with Crippen LogP contribution in [0.3, 0.4) is 0 Å². The normalized spacial score (nSPS) is 17.6. The molecule has 0 aromatic heterocycles. The van der Waals surface area contributed by atoms with E-state index in [2.05, 4.69) is 15.1 Å². The van der Waals surface area contributed by atoms with Gasteiger partial charge in [0.25, 0.3) is 0 Å². The van der Waals surface area contributed by atoms with E-state index in [4.69, 9.17) is 0 Å². The molecule has 25 heavy (non-hydrogen) atoms. The zero-order valence-electron chi connectivity index (χ0n) is 14.6. The van der Waals surface area contributed by atoms with Crippen LogP contribution in [0.1, 0.15) is 11.1 Å². The minimum absolute atomic E-state index is 0.362. The highest BCUT2D eigenvalue weighted by Gasteiger charge is 2.15. The van der Waals surface area contributed by atoms with E-state index < -0.39 is 0 Å². The van der Waals surface area contributed by atoms with Gasteiger partial charge in [-0.25, -0.2) is 0 Å². The summed E-state index contributed by atoms with van der Waals surface area (Å²) < 4.78 is 0. The van der Waals surface area contributed by atoms with Crippen molar-refractivity contribution in [3.05, 3.63) is 59.7 Å². The maximum Gasteiger partial charge on any atom is 0.120 e. The molecule has 2 aromatic carbocycles. The van der Waals surface area contributed by atoms with Crippen molar-refractivity contribution in [3.63, 3.8) is 0 Å². The second-order valence-corrected chi connectivity index (χ2v) is 6.56. The van der Waals surface area contributed by atoms with E-state index in [1.807, 2.05) is 36.4 Å². The van der Waals surface area contributed by atoms with Crippen molar-refractivity contribution in [1.82, 2.24) is 15.1 Å². The second-order valence-electron chi connectivity index (χ2n) is 6.56. The van der Waals surface area contributed by atoms with Crippen LogP contribution < -0.4 is 5.32 Å². The summed E-state index contributed by atoms with van der Waals surface area (Å²) in [6.45, 7) is 7.17. The van der Waals surface area contributed by atoms with E-state index in [-0.39, 0.29) is 0 Å². The van der Waals surface area contributed by atoms with Gasteiger partial charge in [-0.2, -0.15) is 0 Å². The average molecular weight is 341 g/mol. The lowest BCUT2D eigenvalue weighted by atomic mass is 10.1. The molecule has 3 N–H and O–H groups in total. The van der Waals surface area contributed by atoms with E-state index >= 15 is 0 Å². The molecule has 0 unspecified atom stereocenters. The molecule has 5 nitrogen and oxygen atoms in total. The predicted octanol–water partition coefficient (Wildman–Crippen LogP) is 2.01. The highest BCUT2D eigenvalue weighted by Crippen LogP contribution is 2.19. The summed E-state index contributed by atoms with van der Waals surface area (Å²) in [6.07, 6.45) is 0. The number of rotatable bonds is 4. The summed E-state index contributed by atoms with van der Waals surface area (Å²) in [4.78, 5) is 4.73. The van der Waals surface area contributed by atoms with Gasteiger partial charge in [-0.1, -0.05) is 36.4 Å². The SMILES string of the molecule is Oc1ccccc1CN1CCNCCN(Cc2ccccc2O)CC1. The third-order valence-corrected chi connectivity index (χ3v) is 4.71. The van der Waals surface area contributed by atoms with Crippen LogP contribution >= 0.6 is 0 Å². The molecule has 5 heteroatoms. The van der Waals surface area contributed by atoms with Crippen LogP contribution in [-0.2, 0) is 13.1 Å². The number of aromatic hydroxyl groups is 2. The highest BCUT2D eigenvalue weighted by molar-refractivity contribution is 5.32. The van der Waals surface area contributed by atoms with Gasteiger partial charge >= 0.3 is 0 Å². The Morgan fingerprint density at radius 3 is 1.56 bits per heavy atom. The highest BCUT2D eigenvalue weighted by atomic mass is 16.3. The molecule has 0 aliphatic carbocycles.